The van der Waals surface area contributed by atoms with E-state index in [1.165, 1.54) is 4.90 Å². The van der Waals surface area contributed by atoms with Crippen LogP contribution in [0.5, 0.6) is 0 Å². The number of carboxylic acid groups (broad SMARTS) is 1. The molecule has 0 radical (unpaired) electrons. The Morgan fingerprint density at radius 2 is 1.34 bits per heavy atom. The highest BCUT2D eigenvalue weighted by Crippen LogP contribution is 2.36. The minimum absolute atomic E-state index is 0.0753. The zero-order valence-corrected chi connectivity index (χ0v) is 34.9. The molecule has 0 spiro atoms. The van der Waals surface area contributed by atoms with Crippen molar-refractivity contribution in [1.29, 1.82) is 0 Å². The van der Waals surface area contributed by atoms with Crippen LogP contribution in [-0.4, -0.2) is 103 Å². The molecular weight excluding hydrogens is 769 g/mol. The first-order chi connectivity index (χ1) is 29.5. The zero-order valence-electron chi connectivity index (χ0n) is 34.9. The molecule has 2 aliphatic heterocycles. The minimum atomic E-state index is -1.20. The second kappa shape index (κ2) is 17.5. The smallest absolute Gasteiger partial charge is 0.408 e. The number of hydrogen-bond acceptors (Lipinski definition) is 6. The molecule has 13 nitrogen and oxygen atoms in total. The van der Waals surface area contributed by atoms with Gasteiger partial charge in [-0.2, -0.15) is 0 Å². The maximum atomic E-state index is 14.2. The molecule has 0 saturated carbocycles. The number of nitrogens with zero attached hydrogens (tertiary/aromatic N) is 5. The third kappa shape index (κ3) is 8.38. The number of nitrogens with one attached hydrogen (secondary N) is 3. The first-order valence-electron chi connectivity index (χ1n) is 21.0. The maximum absolute atomic E-state index is 14.2. The van der Waals surface area contributed by atoms with Gasteiger partial charge >= 0.3 is 6.09 Å². The first-order valence-corrected chi connectivity index (χ1v) is 21.0. The van der Waals surface area contributed by atoms with Crippen molar-refractivity contribution in [3.05, 3.63) is 132 Å². The van der Waals surface area contributed by atoms with Crippen molar-refractivity contribution in [2.75, 3.05) is 32.5 Å². The molecule has 314 valence electrons. The molecule has 2 fully saturated rings. The van der Waals surface area contributed by atoms with Crippen LogP contribution in [0.25, 0.3) is 33.4 Å². The summed E-state index contributed by atoms with van der Waals surface area (Å²) < 4.78 is 0. The van der Waals surface area contributed by atoms with E-state index in [-0.39, 0.29) is 23.9 Å². The highest BCUT2D eigenvalue weighted by atomic mass is 16.4. The lowest BCUT2D eigenvalue weighted by molar-refractivity contribution is -0.141. The predicted octanol–water partition coefficient (Wildman–Crippen LogP) is 8.25. The fourth-order valence-corrected chi connectivity index (χ4v) is 8.99. The van der Waals surface area contributed by atoms with Gasteiger partial charge in [-0.1, -0.05) is 84.9 Å². The van der Waals surface area contributed by atoms with Gasteiger partial charge in [-0.15, -0.1) is 0 Å². The summed E-state index contributed by atoms with van der Waals surface area (Å²) >= 11 is 0. The van der Waals surface area contributed by atoms with E-state index >= 15 is 0 Å². The standard InChI is InChI=1S/C48H52N8O5/c1-30(2)56(48(60)61)43(34-15-9-6-10-16-34)47(59)55-26-12-18-41(55)45(57)50-36-23-24-37-35(27-36)28-38(51-37)31-19-21-32(22-20-31)39-29-49-44(52-39)40-17-11-25-54(40)46(58)42(53(3)4)33-13-7-5-8-14-33/h5-10,13-16,19-24,27-30,40-43,51H,11-12,17-18,25-26H2,1-4H3,(H,49,52)(H,50,57)(H,60,61)/t40?,41-,42-,43+/m0/s1. The van der Waals surface area contributed by atoms with E-state index < -0.39 is 30.1 Å². The van der Waals surface area contributed by atoms with Gasteiger partial charge in [0.05, 0.1) is 17.9 Å². The summed E-state index contributed by atoms with van der Waals surface area (Å²) in [6.45, 7) is 4.53. The van der Waals surface area contributed by atoms with Gasteiger partial charge in [0.2, 0.25) is 11.8 Å². The van der Waals surface area contributed by atoms with Crippen LogP contribution in [0.15, 0.2) is 115 Å². The van der Waals surface area contributed by atoms with Gasteiger partial charge in [0.15, 0.2) is 0 Å². The van der Waals surface area contributed by atoms with E-state index in [4.69, 9.17) is 4.98 Å². The third-order valence-corrected chi connectivity index (χ3v) is 12.0. The van der Waals surface area contributed by atoms with Crippen LogP contribution in [0, 0.1) is 0 Å². The van der Waals surface area contributed by atoms with Gasteiger partial charge < -0.3 is 30.2 Å². The molecule has 2 saturated heterocycles. The van der Waals surface area contributed by atoms with Gasteiger partial charge in [0.1, 0.15) is 23.9 Å². The topological polar surface area (TPSA) is 158 Å². The number of aromatic amines is 2. The molecule has 2 aromatic heterocycles. The first kappa shape index (κ1) is 41.0. The van der Waals surface area contributed by atoms with Gasteiger partial charge in [0, 0.05) is 41.4 Å². The number of carbonyl (C=O) groups excluding carboxylic acids is 3. The summed E-state index contributed by atoms with van der Waals surface area (Å²) in [5.74, 6) is 0.142. The lowest BCUT2D eigenvalue weighted by Gasteiger charge is -2.36. The van der Waals surface area contributed by atoms with Gasteiger partial charge in [-0.25, -0.2) is 9.78 Å². The SMILES string of the molecule is CC(C)N(C(=O)O)[C@@H](C(=O)N1CCC[C@H]1C(=O)Nc1ccc2[nH]c(-c3ccc(-c4cnc(C5CCCN5C(=O)[C@H](c5ccccc5)N(C)C)[nH]4)cc3)cc2c1)c1ccccc1. The second-order valence-corrected chi connectivity index (χ2v) is 16.5. The summed E-state index contributed by atoms with van der Waals surface area (Å²) in [6.07, 6.45) is 3.51. The number of carbonyl (C=O) groups is 4. The molecule has 4 amide bonds. The van der Waals surface area contributed by atoms with Gasteiger partial charge in [-0.3, -0.25) is 24.2 Å². The monoisotopic (exact) mass is 820 g/mol. The molecule has 4 heterocycles. The average Bonchev–Trinajstić information content (AvgIpc) is 4.09. The molecule has 6 aromatic rings. The predicted molar refractivity (Wildman–Crippen MR) is 235 cm³/mol. The summed E-state index contributed by atoms with van der Waals surface area (Å²) in [7, 11) is 3.88. The number of hydrogen-bond donors (Lipinski definition) is 4. The van der Waals surface area contributed by atoms with Crippen molar-refractivity contribution < 1.29 is 24.3 Å². The quantitative estimate of drug-likeness (QED) is 0.0968. The highest BCUT2D eigenvalue weighted by Gasteiger charge is 2.42. The Labute approximate surface area is 355 Å². The zero-order chi connectivity index (χ0) is 42.8. The van der Waals surface area contributed by atoms with Crippen molar-refractivity contribution in [2.45, 2.75) is 69.7 Å². The highest BCUT2D eigenvalue weighted by molar-refractivity contribution is 6.00. The molecule has 4 N–H and O–H groups in total. The van der Waals surface area contributed by atoms with E-state index in [1.807, 2.05) is 103 Å². The van der Waals surface area contributed by atoms with Crippen LogP contribution < -0.4 is 5.32 Å². The Bertz CT molecular complexity index is 2520. The molecular formula is C48H52N8O5. The summed E-state index contributed by atoms with van der Waals surface area (Å²) in [5, 5.41) is 14.1. The van der Waals surface area contributed by atoms with Crippen molar-refractivity contribution in [3.63, 3.8) is 0 Å². The summed E-state index contributed by atoms with van der Waals surface area (Å²) in [5.41, 5.74) is 6.79. The molecule has 13 heteroatoms. The number of likely N-dealkylation sites (N-methyl/N-ethyl adjacent to an activating group) is 1. The van der Waals surface area contributed by atoms with E-state index in [2.05, 4.69) is 27.4 Å². The van der Waals surface area contributed by atoms with Crippen LogP contribution in [0.1, 0.15) is 74.6 Å². The summed E-state index contributed by atoms with van der Waals surface area (Å²) in [6, 6.07) is 31.9. The lowest BCUT2D eigenvalue weighted by Crippen LogP contribution is -2.51. The molecule has 2 aliphatic rings. The molecule has 61 heavy (non-hydrogen) atoms. The number of imidazole rings is 1. The largest absolute Gasteiger partial charge is 0.465 e. The molecule has 8 rings (SSSR count). The number of aromatic nitrogens is 3. The lowest BCUT2D eigenvalue weighted by atomic mass is 10.0. The van der Waals surface area contributed by atoms with Gasteiger partial charge in [0.25, 0.3) is 5.91 Å². The van der Waals surface area contributed by atoms with Crippen molar-refractivity contribution in [2.24, 2.45) is 0 Å². The Morgan fingerprint density at radius 1 is 0.738 bits per heavy atom. The molecule has 1 unspecified atom stereocenters. The fraction of sp³-hybridized carbons (Fsp3) is 0.312. The Morgan fingerprint density at radius 3 is 1.98 bits per heavy atom. The van der Waals surface area contributed by atoms with Gasteiger partial charge in [-0.05, 0) is 100 Å². The number of fused-ring (bicyclic) bond motifs is 1. The van der Waals surface area contributed by atoms with Crippen molar-refractivity contribution in [3.8, 4) is 22.5 Å². The maximum Gasteiger partial charge on any atom is 0.408 e. The normalized spacial score (nSPS) is 17.5. The minimum Gasteiger partial charge on any atom is -0.465 e. The number of likely N-dealkylation sites (tertiary alicyclic amines) is 2. The Hall–Kier alpha value is -6.73. The Balaban J connectivity index is 0.943. The van der Waals surface area contributed by atoms with Crippen LogP contribution in [-0.2, 0) is 14.4 Å². The van der Waals surface area contributed by atoms with E-state index in [1.54, 1.807) is 38.1 Å². The third-order valence-electron chi connectivity index (χ3n) is 12.0. The van der Waals surface area contributed by atoms with E-state index in [0.29, 0.717) is 37.2 Å². The van der Waals surface area contributed by atoms with Crippen molar-refractivity contribution >= 4 is 40.4 Å². The van der Waals surface area contributed by atoms with Crippen LogP contribution >= 0.6 is 0 Å². The number of amides is 4. The molecule has 4 aromatic carbocycles. The van der Waals surface area contributed by atoms with E-state index in [0.717, 1.165) is 62.5 Å². The molecule has 4 atom stereocenters. The molecule has 0 bridgehead atoms. The molecule has 0 aliphatic carbocycles. The van der Waals surface area contributed by atoms with Crippen LogP contribution in [0.3, 0.4) is 0 Å². The Kier molecular flexibility index (Phi) is 11.7. The number of anilines is 1. The van der Waals surface area contributed by atoms with E-state index in [9.17, 15) is 24.3 Å². The van der Waals surface area contributed by atoms with Crippen molar-refractivity contribution in [1.82, 2.24) is 34.6 Å². The average molecular weight is 821 g/mol. The van der Waals surface area contributed by atoms with Crippen LogP contribution in [0.2, 0.25) is 0 Å². The number of rotatable bonds is 12. The summed E-state index contributed by atoms with van der Waals surface area (Å²) in [4.78, 5) is 72.7. The second-order valence-electron chi connectivity index (χ2n) is 16.5. The number of H-pyrrole nitrogens is 2. The van der Waals surface area contributed by atoms with Crippen LogP contribution in [0.4, 0.5) is 10.5 Å². The number of benzene rings is 4. The fourth-order valence-electron chi connectivity index (χ4n) is 8.99.